The summed E-state index contributed by atoms with van der Waals surface area (Å²) in [5.74, 6) is 1.05. The van der Waals surface area contributed by atoms with E-state index in [1.807, 2.05) is 44.9 Å². The third-order valence-corrected chi connectivity index (χ3v) is 3.62. The van der Waals surface area contributed by atoms with Gasteiger partial charge in [0.15, 0.2) is 0 Å². The zero-order chi connectivity index (χ0) is 16.7. The van der Waals surface area contributed by atoms with Crippen molar-refractivity contribution in [1.29, 1.82) is 0 Å². The van der Waals surface area contributed by atoms with Crippen LogP contribution >= 0.6 is 0 Å². The van der Waals surface area contributed by atoms with E-state index >= 15 is 0 Å². The summed E-state index contributed by atoms with van der Waals surface area (Å²) in [6.45, 7) is 6.48. The molecule has 0 radical (unpaired) electrons. The number of hydrogen-bond donors (Lipinski definition) is 1. The van der Waals surface area contributed by atoms with Crippen LogP contribution in [0.5, 0.6) is 0 Å². The fourth-order valence-electron chi connectivity index (χ4n) is 2.15. The van der Waals surface area contributed by atoms with Gasteiger partial charge in [0.05, 0.1) is 20.2 Å². The summed E-state index contributed by atoms with van der Waals surface area (Å²) >= 11 is 0. The maximum absolute atomic E-state index is 12.1. The lowest BCUT2D eigenvalue weighted by molar-refractivity contribution is -0.146. The lowest BCUT2D eigenvalue weighted by Gasteiger charge is -2.23. The number of amides is 1. The lowest BCUT2D eigenvalue weighted by Crippen LogP contribution is -2.48. The average molecular weight is 310 g/mol. The third-order valence-electron chi connectivity index (χ3n) is 3.62. The second kappa shape index (κ2) is 8.58. The summed E-state index contributed by atoms with van der Waals surface area (Å²) in [5, 5.41) is 2.75. The van der Waals surface area contributed by atoms with Gasteiger partial charge in [-0.15, -0.1) is 0 Å². The molecular formula is C16H26N2O4. The molecule has 2 atom stereocenters. The van der Waals surface area contributed by atoms with Crippen molar-refractivity contribution >= 4 is 11.9 Å². The molecule has 0 bridgehead atoms. The zero-order valence-corrected chi connectivity index (χ0v) is 14.0. The third kappa shape index (κ3) is 5.52. The molecule has 1 heterocycles. The van der Waals surface area contributed by atoms with E-state index in [0.29, 0.717) is 6.54 Å². The molecule has 0 aliphatic heterocycles. The van der Waals surface area contributed by atoms with Crippen LogP contribution in [0, 0.1) is 12.8 Å². The molecule has 22 heavy (non-hydrogen) atoms. The number of esters is 1. The lowest BCUT2D eigenvalue weighted by atomic mass is 9.99. The average Bonchev–Trinajstić information content (AvgIpc) is 2.87. The molecule has 0 saturated heterocycles. The molecule has 1 N–H and O–H groups in total. The first-order valence-electron chi connectivity index (χ1n) is 7.48. The van der Waals surface area contributed by atoms with Crippen LogP contribution in [0.15, 0.2) is 16.5 Å². The summed E-state index contributed by atoms with van der Waals surface area (Å²) in [6, 6.07) is 3.17. The van der Waals surface area contributed by atoms with Crippen molar-refractivity contribution in [2.45, 2.75) is 39.8 Å². The Hall–Kier alpha value is -1.82. The number of aryl methyl sites for hydroxylation is 1. The first-order valence-corrected chi connectivity index (χ1v) is 7.48. The summed E-state index contributed by atoms with van der Waals surface area (Å²) in [4.78, 5) is 25.7. The second-order valence-corrected chi connectivity index (χ2v) is 5.64. The molecule has 124 valence electrons. The van der Waals surface area contributed by atoms with Crippen LogP contribution in [0.3, 0.4) is 0 Å². The highest BCUT2D eigenvalue weighted by Crippen LogP contribution is 2.10. The Morgan fingerprint density at radius 3 is 2.59 bits per heavy atom. The number of ether oxygens (including phenoxy) is 1. The van der Waals surface area contributed by atoms with Crippen molar-refractivity contribution in [1.82, 2.24) is 10.2 Å². The number of carbonyl (C=O) groups excluding carboxylic acids is 2. The van der Waals surface area contributed by atoms with Gasteiger partial charge < -0.3 is 14.5 Å². The SMILES string of the molecule is CCC(C)C(NC(=O)CN(C)Cc1ccc(C)o1)C(=O)OC. The quantitative estimate of drug-likeness (QED) is 0.740. The van der Waals surface area contributed by atoms with E-state index in [0.717, 1.165) is 17.9 Å². The summed E-state index contributed by atoms with van der Waals surface area (Å²) in [7, 11) is 3.16. The molecule has 6 heteroatoms. The summed E-state index contributed by atoms with van der Waals surface area (Å²) in [5.41, 5.74) is 0. The first-order chi connectivity index (χ1) is 10.4. The highest BCUT2D eigenvalue weighted by atomic mass is 16.5. The number of methoxy groups -OCH3 is 1. The predicted molar refractivity (Wildman–Crippen MR) is 83.2 cm³/mol. The van der Waals surface area contributed by atoms with E-state index in [1.54, 1.807) is 0 Å². The molecule has 1 aromatic rings. The van der Waals surface area contributed by atoms with E-state index < -0.39 is 12.0 Å². The zero-order valence-electron chi connectivity index (χ0n) is 14.0. The number of likely N-dealkylation sites (N-methyl/N-ethyl adjacent to an activating group) is 1. The Labute approximate surface area is 131 Å². The molecule has 2 unspecified atom stereocenters. The van der Waals surface area contributed by atoms with Gasteiger partial charge >= 0.3 is 5.97 Å². The molecule has 1 amide bonds. The molecule has 6 nitrogen and oxygen atoms in total. The molecule has 0 aliphatic rings. The second-order valence-electron chi connectivity index (χ2n) is 5.64. The van der Waals surface area contributed by atoms with Crippen molar-refractivity contribution in [3.05, 3.63) is 23.7 Å². The van der Waals surface area contributed by atoms with Gasteiger partial charge in [-0.05, 0) is 32.0 Å². The number of nitrogens with zero attached hydrogens (tertiary/aromatic N) is 1. The van der Waals surface area contributed by atoms with E-state index in [2.05, 4.69) is 5.32 Å². The summed E-state index contributed by atoms with van der Waals surface area (Å²) < 4.78 is 10.2. The molecule has 0 aromatic carbocycles. The van der Waals surface area contributed by atoms with Crippen molar-refractivity contribution in [2.24, 2.45) is 5.92 Å². The van der Waals surface area contributed by atoms with Gasteiger partial charge in [-0.3, -0.25) is 9.69 Å². The van der Waals surface area contributed by atoms with Crippen molar-refractivity contribution in [2.75, 3.05) is 20.7 Å². The van der Waals surface area contributed by atoms with Crippen molar-refractivity contribution < 1.29 is 18.7 Å². The predicted octanol–water partition coefficient (Wildman–Crippen LogP) is 1.72. The molecule has 0 aliphatic carbocycles. The molecule has 0 spiro atoms. The largest absolute Gasteiger partial charge is 0.467 e. The fraction of sp³-hybridized carbons (Fsp3) is 0.625. The van der Waals surface area contributed by atoms with E-state index in [4.69, 9.17) is 9.15 Å². The first kappa shape index (κ1) is 18.2. The molecule has 0 saturated carbocycles. The normalized spacial score (nSPS) is 13.7. The number of hydrogen-bond acceptors (Lipinski definition) is 5. The highest BCUT2D eigenvalue weighted by molar-refractivity contribution is 5.85. The number of carbonyl (C=O) groups is 2. The van der Waals surface area contributed by atoms with Crippen LogP contribution in [0.1, 0.15) is 31.8 Å². The van der Waals surface area contributed by atoms with Crippen LogP contribution in [0.25, 0.3) is 0 Å². The molecule has 1 aromatic heterocycles. The molecular weight excluding hydrogens is 284 g/mol. The Balaban J connectivity index is 2.53. The minimum atomic E-state index is -0.609. The van der Waals surface area contributed by atoms with Crippen LogP contribution in [0.2, 0.25) is 0 Å². The van der Waals surface area contributed by atoms with Crippen LogP contribution in [-0.4, -0.2) is 43.5 Å². The van der Waals surface area contributed by atoms with Gasteiger partial charge in [0.25, 0.3) is 0 Å². The number of furan rings is 1. The maximum Gasteiger partial charge on any atom is 0.328 e. The van der Waals surface area contributed by atoms with Crippen molar-refractivity contribution in [3.8, 4) is 0 Å². The Kier molecular flexibility index (Phi) is 7.11. The Bertz CT molecular complexity index is 498. The van der Waals surface area contributed by atoms with Crippen LogP contribution in [-0.2, 0) is 20.9 Å². The van der Waals surface area contributed by atoms with Gasteiger partial charge in [0.2, 0.25) is 5.91 Å². The van der Waals surface area contributed by atoms with Gasteiger partial charge in [0, 0.05) is 0 Å². The van der Waals surface area contributed by atoms with Gasteiger partial charge in [-0.1, -0.05) is 20.3 Å². The van der Waals surface area contributed by atoms with Gasteiger partial charge in [-0.25, -0.2) is 4.79 Å². The minimum Gasteiger partial charge on any atom is -0.467 e. The topological polar surface area (TPSA) is 71.8 Å². The fourth-order valence-corrected chi connectivity index (χ4v) is 2.15. The van der Waals surface area contributed by atoms with E-state index in [1.165, 1.54) is 7.11 Å². The number of rotatable bonds is 8. The maximum atomic E-state index is 12.1. The van der Waals surface area contributed by atoms with Crippen LogP contribution < -0.4 is 5.32 Å². The molecule has 0 fully saturated rings. The van der Waals surface area contributed by atoms with E-state index in [9.17, 15) is 9.59 Å². The summed E-state index contributed by atoms with van der Waals surface area (Å²) in [6.07, 6.45) is 0.779. The van der Waals surface area contributed by atoms with Gasteiger partial charge in [-0.2, -0.15) is 0 Å². The van der Waals surface area contributed by atoms with E-state index in [-0.39, 0.29) is 18.4 Å². The highest BCUT2D eigenvalue weighted by Gasteiger charge is 2.26. The monoisotopic (exact) mass is 310 g/mol. The Morgan fingerprint density at radius 1 is 1.41 bits per heavy atom. The smallest absolute Gasteiger partial charge is 0.328 e. The molecule has 1 rings (SSSR count). The minimum absolute atomic E-state index is 0.0226. The van der Waals surface area contributed by atoms with Gasteiger partial charge in [0.1, 0.15) is 17.6 Å². The van der Waals surface area contributed by atoms with Crippen molar-refractivity contribution in [3.63, 3.8) is 0 Å². The standard InChI is InChI=1S/C16H26N2O4/c1-6-11(2)15(16(20)21-5)17-14(19)10-18(4)9-13-8-7-12(3)22-13/h7-8,11,15H,6,9-10H2,1-5H3,(H,17,19). The van der Waals surface area contributed by atoms with Crippen LogP contribution in [0.4, 0.5) is 0 Å². The Morgan fingerprint density at radius 2 is 2.09 bits per heavy atom. The number of nitrogens with one attached hydrogen (secondary N) is 1.